The first-order chi connectivity index (χ1) is 21.5. The average molecular weight is 624 g/mol. The lowest BCUT2D eigenvalue weighted by Gasteiger charge is -2.31. The van der Waals surface area contributed by atoms with Crippen molar-refractivity contribution in [3.05, 3.63) is 83.7 Å². The van der Waals surface area contributed by atoms with Crippen LogP contribution in [0.25, 0.3) is 0 Å². The van der Waals surface area contributed by atoms with Gasteiger partial charge in [0.1, 0.15) is 23.8 Å². The molecule has 2 aliphatic heterocycles. The van der Waals surface area contributed by atoms with Gasteiger partial charge < -0.3 is 29.3 Å². The van der Waals surface area contributed by atoms with Crippen LogP contribution in [0.5, 0.6) is 5.75 Å². The first kappa shape index (κ1) is 31.9. The summed E-state index contributed by atoms with van der Waals surface area (Å²) in [4.78, 5) is 37.5. The first-order valence-electron chi connectivity index (χ1n) is 15.1. The molecule has 0 radical (unpaired) electrons. The quantitative estimate of drug-likeness (QED) is 0.342. The summed E-state index contributed by atoms with van der Waals surface area (Å²) < 4.78 is 45.7. The molecule has 3 heterocycles. The number of likely N-dealkylation sites (tertiary alicyclic amines) is 1. The zero-order valence-corrected chi connectivity index (χ0v) is 25.7. The van der Waals surface area contributed by atoms with Crippen molar-refractivity contribution in [1.29, 1.82) is 0 Å². The van der Waals surface area contributed by atoms with Gasteiger partial charge in [0.25, 0.3) is 0 Å². The van der Waals surface area contributed by atoms with Crippen LogP contribution in [0.3, 0.4) is 0 Å². The van der Waals surface area contributed by atoms with Gasteiger partial charge in [-0.15, -0.1) is 0 Å². The van der Waals surface area contributed by atoms with Crippen LogP contribution in [0.1, 0.15) is 50.7 Å². The number of halogens is 2. The van der Waals surface area contributed by atoms with Crippen LogP contribution in [0.4, 0.5) is 24.3 Å². The van der Waals surface area contributed by atoms with E-state index < -0.39 is 35.3 Å². The Morgan fingerprint density at radius 1 is 1.00 bits per heavy atom. The molecule has 0 saturated carbocycles. The molecule has 1 aromatic heterocycles. The van der Waals surface area contributed by atoms with E-state index in [2.05, 4.69) is 15.3 Å². The molecule has 10 nitrogen and oxygen atoms in total. The Balaban J connectivity index is 1.13. The van der Waals surface area contributed by atoms with E-state index in [1.165, 1.54) is 0 Å². The standard InChI is InChI=1S/C33H39F2N5O5/c1-33(2,3)45-31(41)38-29-19-40(18-27(29)26-15-24(34)9-10-28(26)35)30-36-16-25(17-37-30)43-20-23-11-13-39(14-12-23)32(42)44-21-22-7-5-4-6-8-22/h4-10,15-17,23,27,29H,11-14,18-21H2,1-3H3,(H,38,41)/t27-,29+/m1/s1. The molecule has 45 heavy (non-hydrogen) atoms. The normalized spacial score (nSPS) is 18.9. The minimum absolute atomic E-state index is 0.161. The Morgan fingerprint density at radius 3 is 2.40 bits per heavy atom. The Bertz CT molecular complexity index is 1450. The van der Waals surface area contributed by atoms with E-state index >= 15 is 0 Å². The summed E-state index contributed by atoms with van der Waals surface area (Å²) >= 11 is 0. The SMILES string of the molecule is CC(C)(C)OC(=O)N[C@H]1CN(c2ncc(OCC3CCN(C(=O)OCc4ccccc4)CC3)cn2)C[C@@H]1c1cc(F)ccc1F. The van der Waals surface area contributed by atoms with Crippen molar-refractivity contribution in [3.8, 4) is 5.75 Å². The third-order valence-corrected chi connectivity index (χ3v) is 7.84. The Labute approximate surface area is 261 Å². The van der Waals surface area contributed by atoms with E-state index in [1.54, 1.807) is 38.1 Å². The zero-order valence-electron chi connectivity index (χ0n) is 25.7. The maximum Gasteiger partial charge on any atom is 0.410 e. The highest BCUT2D eigenvalue weighted by Gasteiger charge is 2.38. The minimum atomic E-state index is -0.716. The van der Waals surface area contributed by atoms with Crippen molar-refractivity contribution in [2.75, 3.05) is 37.7 Å². The zero-order chi connectivity index (χ0) is 32.0. The lowest BCUT2D eigenvalue weighted by atomic mass is 9.94. The van der Waals surface area contributed by atoms with Crippen molar-refractivity contribution in [3.63, 3.8) is 0 Å². The molecule has 2 aliphatic rings. The number of amides is 2. The van der Waals surface area contributed by atoms with E-state index in [-0.39, 0.29) is 37.3 Å². The topological polar surface area (TPSA) is 106 Å². The van der Waals surface area contributed by atoms with Crippen LogP contribution in [0, 0.1) is 17.6 Å². The maximum atomic E-state index is 14.8. The van der Waals surface area contributed by atoms with E-state index in [0.717, 1.165) is 36.6 Å². The fraction of sp³-hybridized carbons (Fsp3) is 0.455. The highest BCUT2D eigenvalue weighted by Crippen LogP contribution is 2.32. The Morgan fingerprint density at radius 2 is 1.71 bits per heavy atom. The number of hydrogen-bond acceptors (Lipinski definition) is 8. The largest absolute Gasteiger partial charge is 0.490 e. The number of carbonyl (C=O) groups is 2. The lowest BCUT2D eigenvalue weighted by molar-refractivity contribution is 0.0504. The molecule has 0 aliphatic carbocycles. The second kappa shape index (κ2) is 14.1. The molecule has 2 atom stereocenters. The van der Waals surface area contributed by atoms with Crippen molar-refractivity contribution in [2.24, 2.45) is 5.92 Å². The van der Waals surface area contributed by atoms with Crippen molar-refractivity contribution < 1.29 is 32.6 Å². The summed E-state index contributed by atoms with van der Waals surface area (Å²) in [7, 11) is 0. The highest BCUT2D eigenvalue weighted by atomic mass is 19.1. The highest BCUT2D eigenvalue weighted by molar-refractivity contribution is 5.69. The second-order valence-corrected chi connectivity index (χ2v) is 12.4. The van der Waals surface area contributed by atoms with Crippen molar-refractivity contribution >= 4 is 18.1 Å². The van der Waals surface area contributed by atoms with Gasteiger partial charge >= 0.3 is 12.2 Å². The molecule has 5 rings (SSSR count). The average Bonchev–Trinajstić information content (AvgIpc) is 3.43. The van der Waals surface area contributed by atoms with Crippen LogP contribution in [0.2, 0.25) is 0 Å². The van der Waals surface area contributed by atoms with Crippen LogP contribution < -0.4 is 15.0 Å². The summed E-state index contributed by atoms with van der Waals surface area (Å²) in [6.07, 6.45) is 3.77. The van der Waals surface area contributed by atoms with Crippen LogP contribution in [-0.4, -0.2) is 71.5 Å². The number of nitrogens with one attached hydrogen (secondary N) is 1. The monoisotopic (exact) mass is 623 g/mol. The van der Waals surface area contributed by atoms with E-state index in [0.29, 0.717) is 31.4 Å². The van der Waals surface area contributed by atoms with Gasteiger partial charge in [-0.3, -0.25) is 0 Å². The van der Waals surface area contributed by atoms with Gasteiger partial charge in [-0.1, -0.05) is 30.3 Å². The number of rotatable bonds is 8. The molecule has 12 heteroatoms. The summed E-state index contributed by atoms with van der Waals surface area (Å²) in [5.74, 6) is -0.540. The smallest absolute Gasteiger partial charge is 0.410 e. The number of alkyl carbamates (subject to hydrolysis) is 1. The van der Waals surface area contributed by atoms with E-state index in [1.807, 2.05) is 35.2 Å². The van der Waals surface area contributed by atoms with Crippen molar-refractivity contribution in [1.82, 2.24) is 20.2 Å². The molecule has 0 spiro atoms. The molecule has 0 bridgehead atoms. The van der Waals surface area contributed by atoms with Gasteiger partial charge in [0.05, 0.1) is 25.0 Å². The second-order valence-electron chi connectivity index (χ2n) is 12.4. The predicted octanol–water partition coefficient (Wildman–Crippen LogP) is 5.68. The molecule has 2 aromatic carbocycles. The van der Waals surface area contributed by atoms with E-state index in [4.69, 9.17) is 14.2 Å². The number of piperidine rings is 1. The van der Waals surface area contributed by atoms with Crippen molar-refractivity contribution in [2.45, 2.75) is 57.8 Å². The predicted molar refractivity (Wildman–Crippen MR) is 163 cm³/mol. The molecule has 2 fully saturated rings. The molecular formula is C33H39F2N5O5. The van der Waals surface area contributed by atoms with E-state index in [9.17, 15) is 18.4 Å². The fourth-order valence-corrected chi connectivity index (χ4v) is 5.54. The molecule has 0 unspecified atom stereocenters. The van der Waals surface area contributed by atoms with Gasteiger partial charge in [0.15, 0.2) is 5.75 Å². The summed E-state index contributed by atoms with van der Waals surface area (Å²) in [5.41, 5.74) is 0.394. The number of aromatic nitrogens is 2. The van der Waals surface area contributed by atoms with Gasteiger partial charge in [0.2, 0.25) is 5.95 Å². The minimum Gasteiger partial charge on any atom is -0.490 e. The van der Waals surface area contributed by atoms with Gasteiger partial charge in [-0.05, 0) is 68.9 Å². The maximum absolute atomic E-state index is 14.8. The fourth-order valence-electron chi connectivity index (χ4n) is 5.54. The molecule has 3 aromatic rings. The van der Waals surface area contributed by atoms with Crippen LogP contribution in [-0.2, 0) is 16.1 Å². The van der Waals surface area contributed by atoms with Gasteiger partial charge in [-0.2, -0.15) is 0 Å². The Kier molecular flexibility index (Phi) is 9.99. The number of carbonyl (C=O) groups excluding carboxylic acids is 2. The van der Waals surface area contributed by atoms with Crippen LogP contribution in [0.15, 0.2) is 60.9 Å². The van der Waals surface area contributed by atoms with Gasteiger partial charge in [0, 0.05) is 32.1 Å². The lowest BCUT2D eigenvalue weighted by Crippen LogP contribution is -2.43. The first-order valence-corrected chi connectivity index (χ1v) is 15.1. The molecule has 1 N–H and O–H groups in total. The number of hydrogen-bond donors (Lipinski definition) is 1. The number of nitrogens with zero attached hydrogens (tertiary/aromatic N) is 4. The Hall–Kier alpha value is -4.48. The van der Waals surface area contributed by atoms with Gasteiger partial charge in [-0.25, -0.2) is 28.3 Å². The third-order valence-electron chi connectivity index (χ3n) is 7.84. The summed E-state index contributed by atoms with van der Waals surface area (Å²) in [6, 6.07) is 12.3. The molecule has 240 valence electrons. The number of ether oxygens (including phenoxy) is 3. The number of benzene rings is 2. The van der Waals surface area contributed by atoms with Crippen LogP contribution >= 0.6 is 0 Å². The molecule has 2 amide bonds. The molecule has 2 saturated heterocycles. The molecular weight excluding hydrogens is 584 g/mol. The summed E-state index contributed by atoms with van der Waals surface area (Å²) in [5, 5.41) is 2.82. The summed E-state index contributed by atoms with van der Waals surface area (Å²) in [6.45, 7) is 7.68. The number of anilines is 1. The third kappa shape index (κ3) is 8.80.